The van der Waals surface area contributed by atoms with Gasteiger partial charge in [-0.05, 0) is 44.7 Å². The second kappa shape index (κ2) is 8.90. The van der Waals surface area contributed by atoms with Crippen LogP contribution < -0.4 is 20.4 Å². The van der Waals surface area contributed by atoms with Crippen LogP contribution in [0.4, 0.5) is 0 Å². The molecule has 0 radical (unpaired) electrons. The Morgan fingerprint density at radius 2 is 2.00 bits per heavy atom. The van der Waals surface area contributed by atoms with E-state index in [4.69, 9.17) is 13.9 Å². The Hall–Kier alpha value is -3.32. The van der Waals surface area contributed by atoms with Crippen molar-refractivity contribution < 1.29 is 23.8 Å². The molecule has 174 valence electrons. The fourth-order valence-corrected chi connectivity index (χ4v) is 4.37. The summed E-state index contributed by atoms with van der Waals surface area (Å²) in [7, 11) is 1.55. The van der Waals surface area contributed by atoms with Gasteiger partial charge in [0.15, 0.2) is 0 Å². The van der Waals surface area contributed by atoms with E-state index >= 15 is 0 Å². The molecule has 0 saturated carbocycles. The van der Waals surface area contributed by atoms with Gasteiger partial charge in [-0.15, -0.1) is 0 Å². The number of methoxy groups -OCH3 is 1. The molecular weight excluding hydrogens is 422 g/mol. The normalized spacial score (nSPS) is 15.4. The van der Waals surface area contributed by atoms with E-state index in [1.807, 2.05) is 50.2 Å². The van der Waals surface area contributed by atoms with Crippen molar-refractivity contribution in [2.24, 2.45) is 0 Å². The zero-order valence-electron chi connectivity index (χ0n) is 19.4. The van der Waals surface area contributed by atoms with Crippen LogP contribution in [-0.2, 0) is 17.6 Å². The lowest BCUT2D eigenvalue weighted by atomic mass is 9.91. The van der Waals surface area contributed by atoms with Crippen molar-refractivity contribution in [3.05, 3.63) is 69.1 Å². The van der Waals surface area contributed by atoms with Gasteiger partial charge in [-0.2, -0.15) is 0 Å². The standard InChI is InChI=1S/C26H29NO6/c1-15-18(12-22(29)27-19(14-28)16-8-6-5-7-9-16)25(30)32-24-17-10-11-26(2,3)33-20(17)13-21(31-4)23(15)24/h5-9,13,19,28H,10-12,14H2,1-4H3,(H,27,29)/t19-/m1/s1. The molecule has 7 heteroatoms. The van der Waals surface area contributed by atoms with Crippen molar-refractivity contribution >= 4 is 16.9 Å². The molecule has 0 saturated heterocycles. The zero-order chi connectivity index (χ0) is 23.8. The molecule has 1 aromatic heterocycles. The molecule has 0 fully saturated rings. The number of carbonyl (C=O) groups is 1. The number of ether oxygens (including phenoxy) is 2. The van der Waals surface area contributed by atoms with E-state index in [0.29, 0.717) is 34.5 Å². The number of rotatable bonds is 6. The number of carbonyl (C=O) groups excluding carboxylic acids is 1. The van der Waals surface area contributed by atoms with Crippen molar-refractivity contribution in [2.75, 3.05) is 13.7 Å². The number of hydrogen-bond acceptors (Lipinski definition) is 6. The Kier molecular flexibility index (Phi) is 6.17. The quantitative estimate of drug-likeness (QED) is 0.556. The van der Waals surface area contributed by atoms with Crippen molar-refractivity contribution in [2.45, 2.75) is 51.7 Å². The number of hydrogen-bond donors (Lipinski definition) is 2. The smallest absolute Gasteiger partial charge is 0.340 e. The summed E-state index contributed by atoms with van der Waals surface area (Å²) in [6.45, 7) is 5.58. The summed E-state index contributed by atoms with van der Waals surface area (Å²) in [5.41, 5.74) is 2.10. The summed E-state index contributed by atoms with van der Waals surface area (Å²) < 4.78 is 17.5. The average molecular weight is 452 g/mol. The van der Waals surface area contributed by atoms with Gasteiger partial charge in [-0.1, -0.05) is 30.3 Å². The summed E-state index contributed by atoms with van der Waals surface area (Å²) >= 11 is 0. The first-order chi connectivity index (χ1) is 15.7. The molecule has 0 unspecified atom stereocenters. The molecule has 3 aromatic rings. The van der Waals surface area contributed by atoms with Gasteiger partial charge in [0.05, 0.1) is 37.1 Å². The van der Waals surface area contributed by atoms with E-state index in [9.17, 15) is 14.7 Å². The second-order valence-electron chi connectivity index (χ2n) is 9.00. The van der Waals surface area contributed by atoms with Crippen molar-refractivity contribution in [3.8, 4) is 11.5 Å². The van der Waals surface area contributed by atoms with Gasteiger partial charge >= 0.3 is 5.63 Å². The van der Waals surface area contributed by atoms with E-state index in [2.05, 4.69) is 5.32 Å². The zero-order valence-corrected chi connectivity index (χ0v) is 19.4. The second-order valence-corrected chi connectivity index (χ2v) is 9.00. The van der Waals surface area contributed by atoms with Crippen LogP contribution in [0.1, 0.15) is 48.6 Å². The minimum Gasteiger partial charge on any atom is -0.496 e. The van der Waals surface area contributed by atoms with Gasteiger partial charge in [0.25, 0.3) is 0 Å². The third-order valence-corrected chi connectivity index (χ3v) is 6.22. The molecular formula is C26H29NO6. The molecule has 0 aliphatic carbocycles. The van der Waals surface area contributed by atoms with Crippen molar-refractivity contribution in [1.82, 2.24) is 5.32 Å². The highest BCUT2D eigenvalue weighted by molar-refractivity contribution is 5.93. The van der Waals surface area contributed by atoms with E-state index in [1.165, 1.54) is 0 Å². The molecule has 1 atom stereocenters. The van der Waals surface area contributed by atoms with Crippen LogP contribution >= 0.6 is 0 Å². The Labute approximate surface area is 192 Å². The molecule has 33 heavy (non-hydrogen) atoms. The third kappa shape index (κ3) is 4.46. The number of benzene rings is 2. The predicted molar refractivity (Wildman–Crippen MR) is 125 cm³/mol. The molecule has 1 aliphatic rings. The van der Waals surface area contributed by atoms with Gasteiger partial charge in [0.2, 0.25) is 5.91 Å². The lowest BCUT2D eigenvalue weighted by Crippen LogP contribution is -2.33. The molecule has 0 bridgehead atoms. The first-order valence-corrected chi connectivity index (χ1v) is 11.0. The average Bonchev–Trinajstić information content (AvgIpc) is 2.79. The van der Waals surface area contributed by atoms with Gasteiger partial charge < -0.3 is 24.3 Å². The maximum Gasteiger partial charge on any atom is 0.340 e. The summed E-state index contributed by atoms with van der Waals surface area (Å²) in [5.74, 6) is 0.800. The monoisotopic (exact) mass is 451 g/mol. The molecule has 1 amide bonds. The number of fused-ring (bicyclic) bond motifs is 3. The Morgan fingerprint density at radius 1 is 1.27 bits per heavy atom. The molecule has 0 spiro atoms. The van der Waals surface area contributed by atoms with E-state index < -0.39 is 11.7 Å². The summed E-state index contributed by atoms with van der Waals surface area (Å²) in [5, 5.41) is 13.2. The van der Waals surface area contributed by atoms with Crippen LogP contribution in [-0.4, -0.2) is 30.3 Å². The molecule has 1 aliphatic heterocycles. The van der Waals surface area contributed by atoms with Gasteiger partial charge in [0, 0.05) is 11.6 Å². The van der Waals surface area contributed by atoms with Crippen LogP contribution in [0, 0.1) is 6.92 Å². The molecule has 7 nitrogen and oxygen atoms in total. The fraction of sp³-hybridized carbons (Fsp3) is 0.385. The van der Waals surface area contributed by atoms with Crippen molar-refractivity contribution in [1.29, 1.82) is 0 Å². The van der Waals surface area contributed by atoms with Crippen LogP contribution in [0.5, 0.6) is 11.5 Å². The first kappa shape index (κ1) is 22.9. The number of aliphatic hydroxyl groups excluding tert-OH is 1. The Bertz CT molecular complexity index is 1250. The molecule has 2 aromatic carbocycles. The molecule has 4 rings (SSSR count). The minimum atomic E-state index is -0.562. The summed E-state index contributed by atoms with van der Waals surface area (Å²) in [6.07, 6.45) is 1.33. The topological polar surface area (TPSA) is 98.0 Å². The highest BCUT2D eigenvalue weighted by Crippen LogP contribution is 2.43. The van der Waals surface area contributed by atoms with Gasteiger partial charge in [-0.25, -0.2) is 4.79 Å². The maximum atomic E-state index is 12.9. The fourth-order valence-electron chi connectivity index (χ4n) is 4.37. The van der Waals surface area contributed by atoms with Crippen LogP contribution in [0.2, 0.25) is 0 Å². The SMILES string of the molecule is COc1cc2c(c3oc(=O)c(CC(=O)N[C@H](CO)c4ccccc4)c(C)c13)CCC(C)(C)O2. The number of aryl methyl sites for hydroxylation is 2. The summed E-state index contributed by atoms with van der Waals surface area (Å²) in [4.78, 5) is 25.8. The summed E-state index contributed by atoms with van der Waals surface area (Å²) in [6, 6.07) is 10.5. The highest BCUT2D eigenvalue weighted by atomic mass is 16.5. The predicted octanol–water partition coefficient (Wildman–Crippen LogP) is 3.61. The van der Waals surface area contributed by atoms with E-state index in [0.717, 1.165) is 17.5 Å². The Morgan fingerprint density at radius 3 is 2.67 bits per heavy atom. The largest absolute Gasteiger partial charge is 0.496 e. The lowest BCUT2D eigenvalue weighted by Gasteiger charge is -2.33. The van der Waals surface area contributed by atoms with Crippen LogP contribution in [0.25, 0.3) is 11.0 Å². The first-order valence-electron chi connectivity index (χ1n) is 11.0. The number of nitrogens with one attached hydrogen (secondary N) is 1. The van der Waals surface area contributed by atoms with Gasteiger partial charge in [-0.3, -0.25) is 4.79 Å². The van der Waals surface area contributed by atoms with E-state index in [-0.39, 0.29) is 30.1 Å². The van der Waals surface area contributed by atoms with Gasteiger partial charge in [0.1, 0.15) is 22.7 Å². The van der Waals surface area contributed by atoms with E-state index in [1.54, 1.807) is 14.0 Å². The number of amides is 1. The molecule has 2 heterocycles. The highest BCUT2D eigenvalue weighted by Gasteiger charge is 2.31. The maximum absolute atomic E-state index is 12.9. The Balaban J connectivity index is 1.71. The van der Waals surface area contributed by atoms with Crippen LogP contribution in [0.3, 0.4) is 0 Å². The molecule has 2 N–H and O–H groups in total. The minimum absolute atomic E-state index is 0.169. The third-order valence-electron chi connectivity index (χ3n) is 6.22. The van der Waals surface area contributed by atoms with Crippen molar-refractivity contribution in [3.63, 3.8) is 0 Å². The lowest BCUT2D eigenvalue weighted by molar-refractivity contribution is -0.121. The van der Waals surface area contributed by atoms with Crippen LogP contribution in [0.15, 0.2) is 45.6 Å². The number of aliphatic hydroxyl groups is 1.